The van der Waals surface area contributed by atoms with E-state index in [9.17, 15) is 4.79 Å². The molecule has 0 saturated carbocycles. The third-order valence-electron chi connectivity index (χ3n) is 4.89. The number of carbonyl (C=O) groups excluding carboxylic acids is 1. The number of piperidine rings is 1. The molecule has 0 radical (unpaired) electrons. The summed E-state index contributed by atoms with van der Waals surface area (Å²) in [6.07, 6.45) is 3.29. The number of halogens is 2. The second kappa shape index (κ2) is 10.9. The number of nitrogens with zero attached hydrogens (tertiary/aromatic N) is 2. The molecule has 0 spiro atoms. The molecule has 2 heterocycles. The third kappa shape index (κ3) is 5.92. The Morgan fingerprint density at radius 2 is 1.79 bits per heavy atom. The summed E-state index contributed by atoms with van der Waals surface area (Å²) >= 11 is 0. The van der Waals surface area contributed by atoms with E-state index in [1.165, 1.54) is 5.56 Å². The van der Waals surface area contributed by atoms with Crippen molar-refractivity contribution in [3.05, 3.63) is 35.9 Å². The van der Waals surface area contributed by atoms with Gasteiger partial charge < -0.3 is 10.2 Å². The van der Waals surface area contributed by atoms with Crippen molar-refractivity contribution in [1.82, 2.24) is 15.1 Å². The lowest BCUT2D eigenvalue weighted by Gasteiger charge is -2.37. The number of piperazine rings is 1. The zero-order chi connectivity index (χ0) is 15.2. The molecule has 1 atom stereocenters. The predicted molar refractivity (Wildman–Crippen MR) is 103 cm³/mol. The molecule has 24 heavy (non-hydrogen) atoms. The van der Waals surface area contributed by atoms with Gasteiger partial charge in [-0.3, -0.25) is 9.69 Å². The number of carbonyl (C=O) groups is 1. The first kappa shape index (κ1) is 21.2. The topological polar surface area (TPSA) is 35.6 Å². The molecule has 1 unspecified atom stereocenters. The van der Waals surface area contributed by atoms with E-state index in [4.69, 9.17) is 0 Å². The maximum absolute atomic E-state index is 12.5. The first-order valence-electron chi connectivity index (χ1n) is 8.59. The van der Waals surface area contributed by atoms with E-state index in [2.05, 4.69) is 45.4 Å². The zero-order valence-electron chi connectivity index (χ0n) is 14.2. The van der Waals surface area contributed by atoms with Crippen LogP contribution in [0.5, 0.6) is 0 Å². The van der Waals surface area contributed by atoms with Crippen LogP contribution in [0.25, 0.3) is 0 Å². The molecule has 1 aromatic rings. The molecule has 1 aromatic carbocycles. The Morgan fingerprint density at radius 3 is 2.42 bits per heavy atom. The Hall–Kier alpha value is -0.810. The summed E-state index contributed by atoms with van der Waals surface area (Å²) in [5.41, 5.74) is 1.40. The minimum atomic E-state index is 0. The van der Waals surface area contributed by atoms with Gasteiger partial charge >= 0.3 is 0 Å². The van der Waals surface area contributed by atoms with Gasteiger partial charge in [0, 0.05) is 39.3 Å². The maximum Gasteiger partial charge on any atom is 0.227 e. The lowest BCUT2D eigenvalue weighted by Crippen LogP contribution is -2.52. The third-order valence-corrected chi connectivity index (χ3v) is 4.89. The number of hydrogen-bond acceptors (Lipinski definition) is 3. The number of nitrogens with one attached hydrogen (secondary N) is 1. The standard InChI is InChI=1S/C18H27N3O.2ClH/c22-18(17-7-4-9-19-15-17)21-13-11-20(12-14-21)10-8-16-5-2-1-3-6-16;;/h1-3,5-6,17,19H,4,7-15H2;2*1H. The van der Waals surface area contributed by atoms with Crippen molar-refractivity contribution in [2.45, 2.75) is 19.3 Å². The minimum absolute atomic E-state index is 0. The van der Waals surface area contributed by atoms with Crippen LogP contribution in [0, 0.1) is 5.92 Å². The molecular weight excluding hydrogens is 345 g/mol. The van der Waals surface area contributed by atoms with E-state index in [-0.39, 0.29) is 30.7 Å². The van der Waals surface area contributed by atoms with Crippen LogP contribution in [-0.2, 0) is 11.2 Å². The number of rotatable bonds is 4. The highest BCUT2D eigenvalue weighted by Crippen LogP contribution is 2.15. The summed E-state index contributed by atoms with van der Waals surface area (Å²) < 4.78 is 0. The largest absolute Gasteiger partial charge is 0.340 e. The van der Waals surface area contributed by atoms with E-state index in [1.54, 1.807) is 0 Å². The molecule has 6 heteroatoms. The molecule has 1 amide bonds. The van der Waals surface area contributed by atoms with Crippen LogP contribution in [-0.4, -0.2) is 61.5 Å². The number of hydrogen-bond donors (Lipinski definition) is 1. The zero-order valence-corrected chi connectivity index (χ0v) is 15.8. The Labute approximate surface area is 157 Å². The smallest absolute Gasteiger partial charge is 0.227 e. The van der Waals surface area contributed by atoms with Crippen LogP contribution in [0.4, 0.5) is 0 Å². The predicted octanol–water partition coefficient (Wildman–Crippen LogP) is 2.22. The molecule has 0 bridgehead atoms. The normalized spacial score (nSPS) is 21.5. The molecule has 0 aromatic heterocycles. The molecule has 4 nitrogen and oxygen atoms in total. The highest BCUT2D eigenvalue weighted by Gasteiger charge is 2.28. The second-order valence-corrected chi connectivity index (χ2v) is 6.45. The van der Waals surface area contributed by atoms with Crippen LogP contribution in [0.15, 0.2) is 30.3 Å². The van der Waals surface area contributed by atoms with Gasteiger partial charge in [-0.25, -0.2) is 0 Å². The van der Waals surface area contributed by atoms with Crippen molar-refractivity contribution in [1.29, 1.82) is 0 Å². The molecule has 3 rings (SSSR count). The molecule has 2 saturated heterocycles. The molecule has 2 aliphatic heterocycles. The fourth-order valence-corrected chi connectivity index (χ4v) is 3.44. The van der Waals surface area contributed by atoms with E-state index in [1.807, 2.05) is 0 Å². The molecule has 2 aliphatic rings. The van der Waals surface area contributed by atoms with Gasteiger partial charge in [0.05, 0.1) is 5.92 Å². The Morgan fingerprint density at radius 1 is 1.08 bits per heavy atom. The molecule has 136 valence electrons. The van der Waals surface area contributed by atoms with Crippen LogP contribution < -0.4 is 5.32 Å². The van der Waals surface area contributed by atoms with Gasteiger partial charge in [0.15, 0.2) is 0 Å². The lowest BCUT2D eigenvalue weighted by molar-refractivity contribution is -0.137. The highest BCUT2D eigenvalue weighted by molar-refractivity contribution is 5.85. The van der Waals surface area contributed by atoms with Crippen molar-refractivity contribution in [2.75, 3.05) is 45.8 Å². The van der Waals surface area contributed by atoms with Gasteiger partial charge in [0.2, 0.25) is 5.91 Å². The summed E-state index contributed by atoms with van der Waals surface area (Å²) in [4.78, 5) is 17.1. The van der Waals surface area contributed by atoms with Crippen LogP contribution >= 0.6 is 24.8 Å². The van der Waals surface area contributed by atoms with E-state index in [0.717, 1.165) is 65.1 Å². The summed E-state index contributed by atoms with van der Waals surface area (Å²) in [5, 5.41) is 3.34. The number of amides is 1. The van der Waals surface area contributed by atoms with Gasteiger partial charge in [-0.2, -0.15) is 0 Å². The van der Waals surface area contributed by atoms with Crippen molar-refractivity contribution in [3.63, 3.8) is 0 Å². The average Bonchev–Trinajstić information content (AvgIpc) is 2.61. The van der Waals surface area contributed by atoms with Crippen LogP contribution in [0.2, 0.25) is 0 Å². The second-order valence-electron chi connectivity index (χ2n) is 6.45. The maximum atomic E-state index is 12.5. The molecule has 1 N–H and O–H groups in total. The fraction of sp³-hybridized carbons (Fsp3) is 0.611. The van der Waals surface area contributed by atoms with Crippen molar-refractivity contribution in [2.24, 2.45) is 5.92 Å². The summed E-state index contributed by atoms with van der Waals surface area (Å²) in [6, 6.07) is 10.6. The Kier molecular flexibility index (Phi) is 9.67. The van der Waals surface area contributed by atoms with Gasteiger partial charge in [-0.1, -0.05) is 30.3 Å². The average molecular weight is 374 g/mol. The van der Waals surface area contributed by atoms with Gasteiger partial charge in [-0.05, 0) is 31.4 Å². The minimum Gasteiger partial charge on any atom is -0.340 e. The first-order valence-corrected chi connectivity index (χ1v) is 8.59. The molecule has 0 aliphatic carbocycles. The van der Waals surface area contributed by atoms with E-state index >= 15 is 0 Å². The SMILES string of the molecule is Cl.Cl.O=C(C1CCCNC1)N1CCN(CCc2ccccc2)CC1. The Bertz CT molecular complexity index is 472. The van der Waals surface area contributed by atoms with Crippen molar-refractivity contribution < 1.29 is 4.79 Å². The quantitative estimate of drug-likeness (QED) is 0.878. The molecule has 2 fully saturated rings. The van der Waals surface area contributed by atoms with E-state index in [0.29, 0.717) is 5.91 Å². The van der Waals surface area contributed by atoms with E-state index < -0.39 is 0 Å². The van der Waals surface area contributed by atoms with Crippen molar-refractivity contribution in [3.8, 4) is 0 Å². The summed E-state index contributed by atoms with van der Waals surface area (Å²) in [7, 11) is 0. The first-order chi connectivity index (χ1) is 10.8. The van der Waals surface area contributed by atoms with Crippen LogP contribution in [0.3, 0.4) is 0 Å². The summed E-state index contributed by atoms with van der Waals surface area (Å²) in [5.74, 6) is 0.583. The monoisotopic (exact) mass is 373 g/mol. The van der Waals surface area contributed by atoms with Crippen LogP contribution in [0.1, 0.15) is 18.4 Å². The van der Waals surface area contributed by atoms with Gasteiger partial charge in [0.1, 0.15) is 0 Å². The Balaban J connectivity index is 0.00000144. The van der Waals surface area contributed by atoms with Gasteiger partial charge in [0.25, 0.3) is 0 Å². The number of benzene rings is 1. The van der Waals surface area contributed by atoms with Crippen molar-refractivity contribution >= 4 is 30.7 Å². The highest BCUT2D eigenvalue weighted by atomic mass is 35.5. The molecular formula is C18H29Cl2N3O. The van der Waals surface area contributed by atoms with Gasteiger partial charge in [-0.15, -0.1) is 24.8 Å². The lowest BCUT2D eigenvalue weighted by atomic mass is 9.98. The fourth-order valence-electron chi connectivity index (χ4n) is 3.44. The summed E-state index contributed by atoms with van der Waals surface area (Å²) in [6.45, 7) is 6.84.